The number of nitrogens with one attached hydrogen (secondary N) is 1. The van der Waals surface area contributed by atoms with Crippen LogP contribution in [0.25, 0.3) is 0 Å². The Kier molecular flexibility index (Phi) is 6.32. The van der Waals surface area contributed by atoms with Crippen molar-refractivity contribution in [3.8, 4) is 5.75 Å². The zero-order valence-electron chi connectivity index (χ0n) is 17.5. The molecule has 2 amide bonds. The van der Waals surface area contributed by atoms with E-state index in [-0.39, 0.29) is 23.8 Å². The third kappa shape index (κ3) is 4.48. The highest BCUT2D eigenvalue weighted by molar-refractivity contribution is 7.15. The van der Waals surface area contributed by atoms with Gasteiger partial charge in [-0.3, -0.25) is 9.59 Å². The molecular weight excluding hydrogens is 400 g/mol. The Labute approximate surface area is 180 Å². The average molecular weight is 429 g/mol. The number of carbonyl (C=O) groups excluding carboxylic acids is 2. The third-order valence-electron chi connectivity index (χ3n) is 5.85. The van der Waals surface area contributed by atoms with Gasteiger partial charge in [-0.1, -0.05) is 36.8 Å². The van der Waals surface area contributed by atoms with Crippen molar-refractivity contribution in [3.63, 3.8) is 0 Å². The fourth-order valence-corrected chi connectivity index (χ4v) is 4.93. The Morgan fingerprint density at radius 2 is 2.00 bits per heavy atom. The quantitative estimate of drug-likeness (QED) is 0.683. The largest absolute Gasteiger partial charge is 0.497 e. The molecule has 1 aliphatic heterocycles. The van der Waals surface area contributed by atoms with Crippen molar-refractivity contribution >= 4 is 28.3 Å². The molecule has 2 heterocycles. The summed E-state index contributed by atoms with van der Waals surface area (Å²) in [5.74, 6) is 0.949. The van der Waals surface area contributed by atoms with Crippen molar-refractivity contribution in [1.82, 2.24) is 15.1 Å². The number of hydrogen-bond donors (Lipinski definition) is 1. The summed E-state index contributed by atoms with van der Waals surface area (Å²) in [6.07, 6.45) is 5.12. The second-order valence-corrected chi connectivity index (χ2v) is 9.02. The van der Waals surface area contributed by atoms with Gasteiger partial charge in [-0.2, -0.15) is 0 Å². The van der Waals surface area contributed by atoms with E-state index in [2.05, 4.69) is 22.4 Å². The van der Waals surface area contributed by atoms with Crippen LogP contribution in [0, 0.1) is 5.92 Å². The van der Waals surface area contributed by atoms with Gasteiger partial charge >= 0.3 is 0 Å². The lowest BCUT2D eigenvalue weighted by Gasteiger charge is -2.40. The van der Waals surface area contributed by atoms with E-state index in [1.54, 1.807) is 7.11 Å². The van der Waals surface area contributed by atoms with Gasteiger partial charge in [-0.25, -0.2) is 0 Å². The first-order valence-electron chi connectivity index (χ1n) is 10.7. The molecule has 2 atom stereocenters. The first kappa shape index (κ1) is 20.8. The standard InChI is InChI=1S/C22H28N4O3S/c1-3-4-13-26-18(27)12-11-17(19(26)14-7-9-16(29-2)10-8-14)20(28)23-22-25-24-21(30-22)15-5-6-15/h7-10,15,17,19H,3-6,11-13H2,1-2H3,(H,23,25,28)/t17-,19-/m0/s1. The molecule has 0 bridgehead atoms. The lowest BCUT2D eigenvalue weighted by molar-refractivity contribution is -0.142. The van der Waals surface area contributed by atoms with Gasteiger partial charge in [0.2, 0.25) is 16.9 Å². The first-order chi connectivity index (χ1) is 14.6. The van der Waals surface area contributed by atoms with Crippen LogP contribution in [-0.4, -0.2) is 40.6 Å². The molecular formula is C22H28N4O3S. The monoisotopic (exact) mass is 428 g/mol. The SMILES string of the molecule is CCCCN1C(=O)CC[C@H](C(=O)Nc2nnc(C3CC3)s2)[C@@H]1c1ccc(OC)cc1. The van der Waals surface area contributed by atoms with E-state index < -0.39 is 0 Å². The van der Waals surface area contributed by atoms with Gasteiger partial charge in [0.05, 0.1) is 19.1 Å². The van der Waals surface area contributed by atoms with Gasteiger partial charge in [-0.15, -0.1) is 10.2 Å². The molecule has 0 unspecified atom stereocenters. The Morgan fingerprint density at radius 1 is 1.23 bits per heavy atom. The van der Waals surface area contributed by atoms with E-state index in [9.17, 15) is 9.59 Å². The minimum atomic E-state index is -0.332. The number of hydrogen-bond acceptors (Lipinski definition) is 6. The van der Waals surface area contributed by atoms with Crippen LogP contribution in [0.2, 0.25) is 0 Å². The predicted molar refractivity (Wildman–Crippen MR) is 116 cm³/mol. The van der Waals surface area contributed by atoms with Crippen LogP contribution in [0.4, 0.5) is 5.13 Å². The van der Waals surface area contributed by atoms with Crippen LogP contribution in [0.1, 0.15) is 68.0 Å². The molecule has 8 heteroatoms. The van der Waals surface area contributed by atoms with Crippen LogP contribution in [0.15, 0.2) is 24.3 Å². The van der Waals surface area contributed by atoms with Gasteiger partial charge in [-0.05, 0) is 43.4 Å². The Hall–Kier alpha value is -2.48. The molecule has 2 fully saturated rings. The van der Waals surface area contributed by atoms with Crippen molar-refractivity contribution in [2.45, 2.75) is 57.4 Å². The number of nitrogens with zero attached hydrogens (tertiary/aromatic N) is 3. The smallest absolute Gasteiger partial charge is 0.231 e. The average Bonchev–Trinajstić information content (AvgIpc) is 3.51. The number of amides is 2. The molecule has 4 rings (SSSR count). The van der Waals surface area contributed by atoms with E-state index in [1.165, 1.54) is 11.3 Å². The molecule has 1 aliphatic carbocycles. The predicted octanol–water partition coefficient (Wildman–Crippen LogP) is 4.14. The third-order valence-corrected chi connectivity index (χ3v) is 6.85. The van der Waals surface area contributed by atoms with Gasteiger partial charge in [0.25, 0.3) is 0 Å². The van der Waals surface area contributed by atoms with Crippen LogP contribution in [-0.2, 0) is 9.59 Å². The normalized spacial score (nSPS) is 21.5. The summed E-state index contributed by atoms with van der Waals surface area (Å²) in [5, 5.41) is 12.9. The maximum absolute atomic E-state index is 13.3. The number of unbranched alkanes of at least 4 members (excludes halogenated alkanes) is 1. The van der Waals surface area contributed by atoms with E-state index in [1.807, 2.05) is 29.2 Å². The summed E-state index contributed by atoms with van der Waals surface area (Å²) in [4.78, 5) is 27.9. The summed E-state index contributed by atoms with van der Waals surface area (Å²) < 4.78 is 5.28. The number of ether oxygens (including phenoxy) is 1. The molecule has 1 saturated heterocycles. The van der Waals surface area contributed by atoms with E-state index in [0.717, 1.165) is 42.0 Å². The topological polar surface area (TPSA) is 84.4 Å². The molecule has 1 aromatic carbocycles. The minimum absolute atomic E-state index is 0.0942. The van der Waals surface area contributed by atoms with E-state index >= 15 is 0 Å². The number of piperidine rings is 1. The van der Waals surface area contributed by atoms with Gasteiger partial charge in [0.1, 0.15) is 10.8 Å². The van der Waals surface area contributed by atoms with Crippen LogP contribution >= 0.6 is 11.3 Å². The maximum atomic E-state index is 13.3. The Balaban J connectivity index is 1.58. The molecule has 30 heavy (non-hydrogen) atoms. The number of methoxy groups -OCH3 is 1. The van der Waals surface area contributed by atoms with Gasteiger partial charge in [0, 0.05) is 18.9 Å². The minimum Gasteiger partial charge on any atom is -0.497 e. The number of likely N-dealkylation sites (tertiary alicyclic amines) is 1. The van der Waals surface area contributed by atoms with Crippen LogP contribution in [0.3, 0.4) is 0 Å². The second-order valence-electron chi connectivity index (χ2n) is 8.01. The lowest BCUT2D eigenvalue weighted by atomic mass is 9.83. The van der Waals surface area contributed by atoms with Crippen molar-refractivity contribution in [1.29, 1.82) is 0 Å². The molecule has 7 nitrogen and oxygen atoms in total. The summed E-state index contributed by atoms with van der Waals surface area (Å²) in [5.41, 5.74) is 0.955. The van der Waals surface area contributed by atoms with Gasteiger partial charge in [0.15, 0.2) is 0 Å². The summed E-state index contributed by atoms with van der Waals surface area (Å²) in [6, 6.07) is 7.39. The highest BCUT2D eigenvalue weighted by Gasteiger charge is 2.40. The van der Waals surface area contributed by atoms with E-state index in [4.69, 9.17) is 4.74 Å². The number of carbonyl (C=O) groups is 2. The fraction of sp³-hybridized carbons (Fsp3) is 0.545. The summed E-state index contributed by atoms with van der Waals surface area (Å²) in [6.45, 7) is 2.76. The second kappa shape index (κ2) is 9.12. The van der Waals surface area contributed by atoms with Crippen LogP contribution < -0.4 is 10.1 Å². The number of benzene rings is 1. The molecule has 0 spiro atoms. The Morgan fingerprint density at radius 3 is 2.67 bits per heavy atom. The number of rotatable bonds is 8. The molecule has 160 valence electrons. The van der Waals surface area contributed by atoms with Crippen LogP contribution in [0.5, 0.6) is 5.75 Å². The number of anilines is 1. The molecule has 2 aliphatic rings. The summed E-state index contributed by atoms with van der Waals surface area (Å²) in [7, 11) is 1.63. The zero-order chi connectivity index (χ0) is 21.1. The fourth-order valence-electron chi connectivity index (χ4n) is 4.01. The first-order valence-corrected chi connectivity index (χ1v) is 11.5. The highest BCUT2D eigenvalue weighted by atomic mass is 32.1. The molecule has 1 aromatic heterocycles. The van der Waals surface area contributed by atoms with E-state index in [0.29, 0.717) is 30.4 Å². The van der Waals surface area contributed by atoms with Gasteiger partial charge < -0.3 is 15.0 Å². The van der Waals surface area contributed by atoms with Crippen molar-refractivity contribution in [2.75, 3.05) is 19.0 Å². The highest BCUT2D eigenvalue weighted by Crippen LogP contribution is 2.42. The lowest BCUT2D eigenvalue weighted by Crippen LogP contribution is -2.47. The maximum Gasteiger partial charge on any atom is 0.231 e. The molecule has 1 saturated carbocycles. The van der Waals surface area contributed by atoms with Crippen molar-refractivity contribution in [2.24, 2.45) is 5.92 Å². The summed E-state index contributed by atoms with van der Waals surface area (Å²) >= 11 is 1.46. The zero-order valence-corrected chi connectivity index (χ0v) is 18.3. The van der Waals surface area contributed by atoms with Crippen molar-refractivity contribution < 1.29 is 14.3 Å². The number of aromatic nitrogens is 2. The molecule has 2 aromatic rings. The van der Waals surface area contributed by atoms with Crippen molar-refractivity contribution in [3.05, 3.63) is 34.8 Å². The molecule has 1 N–H and O–H groups in total. The molecule has 0 radical (unpaired) electrons. The Bertz CT molecular complexity index is 894.